The summed E-state index contributed by atoms with van der Waals surface area (Å²) in [5, 5.41) is 0. The van der Waals surface area contributed by atoms with Crippen LogP contribution in [0, 0.1) is 0 Å². The van der Waals surface area contributed by atoms with Crippen molar-refractivity contribution in [1.29, 1.82) is 0 Å². The van der Waals surface area contributed by atoms with Gasteiger partial charge in [0.25, 0.3) is 5.91 Å². The lowest BCUT2D eigenvalue weighted by Gasteiger charge is -2.28. The normalized spacial score (nSPS) is 12.3. The largest absolute Gasteiger partial charge is 0.416 e. The van der Waals surface area contributed by atoms with E-state index in [-0.39, 0.29) is 12.6 Å². The quantitative estimate of drug-likeness (QED) is 0.373. The van der Waals surface area contributed by atoms with Gasteiger partial charge in [-0.15, -0.1) is 0 Å². The fourth-order valence-corrected chi connectivity index (χ4v) is 3.44. The number of carbonyl (C=O) groups is 1. The minimum atomic E-state index is -5.02. The van der Waals surface area contributed by atoms with E-state index in [1.54, 1.807) is 32.2 Å². The van der Waals surface area contributed by atoms with Crippen LogP contribution < -0.4 is 0 Å². The van der Waals surface area contributed by atoms with Gasteiger partial charge >= 0.3 is 12.4 Å². The smallest absolute Gasteiger partial charge is 0.345 e. The topological polar surface area (TPSA) is 25.2 Å². The lowest BCUT2D eigenvalue weighted by atomic mass is 10.0. The standard InChI is InChI=1S/C24H22F6N2O/c1-16(2)32(15-21-9-6-10-31(21)14-17-7-4-3-5-8-17)22(33)18-11-19(23(25,26)27)13-20(12-18)24(28,29)30/h3-13,16H,14-15H2,1-2H3. The zero-order valence-corrected chi connectivity index (χ0v) is 17.9. The van der Waals surface area contributed by atoms with Gasteiger partial charge in [-0.1, -0.05) is 30.3 Å². The molecule has 0 fully saturated rings. The second-order valence-corrected chi connectivity index (χ2v) is 7.93. The monoisotopic (exact) mass is 468 g/mol. The lowest BCUT2D eigenvalue weighted by molar-refractivity contribution is -0.143. The van der Waals surface area contributed by atoms with E-state index < -0.39 is 41.0 Å². The van der Waals surface area contributed by atoms with Crippen molar-refractivity contribution >= 4 is 5.91 Å². The number of halogens is 6. The molecule has 3 rings (SSSR count). The summed E-state index contributed by atoms with van der Waals surface area (Å²) in [5.41, 5.74) is -1.99. The van der Waals surface area contributed by atoms with Crippen molar-refractivity contribution in [3.8, 4) is 0 Å². The summed E-state index contributed by atoms with van der Waals surface area (Å²) in [6.07, 6.45) is -8.25. The molecular formula is C24H22F6N2O. The van der Waals surface area contributed by atoms with E-state index in [9.17, 15) is 31.1 Å². The zero-order chi connectivity index (χ0) is 24.4. The summed E-state index contributed by atoms with van der Waals surface area (Å²) >= 11 is 0. The van der Waals surface area contributed by atoms with Crippen LogP contribution in [0.3, 0.4) is 0 Å². The summed E-state index contributed by atoms with van der Waals surface area (Å²) in [7, 11) is 0. The molecule has 0 bridgehead atoms. The molecule has 0 atom stereocenters. The van der Waals surface area contributed by atoms with Crippen LogP contribution in [0.25, 0.3) is 0 Å². The van der Waals surface area contributed by atoms with Crippen molar-refractivity contribution in [3.05, 3.63) is 94.8 Å². The van der Waals surface area contributed by atoms with Crippen LogP contribution in [0.2, 0.25) is 0 Å². The third kappa shape index (κ3) is 5.97. The van der Waals surface area contributed by atoms with Gasteiger partial charge in [0, 0.05) is 30.0 Å². The van der Waals surface area contributed by atoms with Crippen LogP contribution in [0.15, 0.2) is 66.9 Å². The molecule has 3 nitrogen and oxygen atoms in total. The molecule has 0 spiro atoms. The second kappa shape index (κ2) is 9.33. The van der Waals surface area contributed by atoms with Gasteiger partial charge in [-0.2, -0.15) is 26.3 Å². The Labute approximate surface area is 187 Å². The molecule has 0 radical (unpaired) electrons. The van der Waals surface area contributed by atoms with Gasteiger partial charge in [-0.3, -0.25) is 4.79 Å². The molecule has 1 heterocycles. The molecule has 0 saturated carbocycles. The Hall–Kier alpha value is -3.23. The van der Waals surface area contributed by atoms with E-state index in [0.29, 0.717) is 24.4 Å². The average molecular weight is 468 g/mol. The van der Waals surface area contributed by atoms with E-state index in [2.05, 4.69) is 0 Å². The van der Waals surface area contributed by atoms with Crippen LogP contribution in [0.1, 0.15) is 46.6 Å². The van der Waals surface area contributed by atoms with Crippen molar-refractivity contribution in [2.45, 2.75) is 45.3 Å². The molecule has 0 aliphatic heterocycles. The highest BCUT2D eigenvalue weighted by Gasteiger charge is 2.38. The number of alkyl halides is 6. The minimum absolute atomic E-state index is 0.0154. The van der Waals surface area contributed by atoms with Crippen molar-refractivity contribution < 1.29 is 31.1 Å². The van der Waals surface area contributed by atoms with E-state index >= 15 is 0 Å². The van der Waals surface area contributed by atoms with Gasteiger partial charge in [0.2, 0.25) is 0 Å². The number of hydrogen-bond donors (Lipinski definition) is 0. The van der Waals surface area contributed by atoms with Gasteiger partial charge in [-0.05, 0) is 49.7 Å². The second-order valence-electron chi connectivity index (χ2n) is 7.93. The average Bonchev–Trinajstić information content (AvgIpc) is 3.17. The van der Waals surface area contributed by atoms with Crippen molar-refractivity contribution in [2.75, 3.05) is 0 Å². The number of hydrogen-bond acceptors (Lipinski definition) is 1. The molecule has 176 valence electrons. The number of aromatic nitrogens is 1. The Balaban J connectivity index is 1.94. The molecule has 0 unspecified atom stereocenters. The number of rotatable bonds is 6. The van der Waals surface area contributed by atoms with E-state index in [0.717, 1.165) is 5.56 Å². The molecule has 1 amide bonds. The van der Waals surface area contributed by atoms with E-state index in [1.807, 2.05) is 34.9 Å². The molecule has 3 aromatic rings. The fraction of sp³-hybridized carbons (Fsp3) is 0.292. The van der Waals surface area contributed by atoms with Crippen LogP contribution in [0.5, 0.6) is 0 Å². The molecule has 0 N–H and O–H groups in total. The van der Waals surface area contributed by atoms with Gasteiger partial charge < -0.3 is 9.47 Å². The van der Waals surface area contributed by atoms with Crippen molar-refractivity contribution in [2.24, 2.45) is 0 Å². The van der Waals surface area contributed by atoms with Crippen molar-refractivity contribution in [3.63, 3.8) is 0 Å². The Morgan fingerprint density at radius 2 is 1.45 bits per heavy atom. The number of amides is 1. The molecule has 2 aromatic carbocycles. The maximum atomic E-state index is 13.2. The van der Waals surface area contributed by atoms with E-state index in [4.69, 9.17) is 0 Å². The number of nitrogens with zero attached hydrogens (tertiary/aromatic N) is 2. The number of carbonyl (C=O) groups excluding carboxylic acids is 1. The first-order chi connectivity index (χ1) is 15.4. The third-order valence-electron chi connectivity index (χ3n) is 5.17. The third-order valence-corrected chi connectivity index (χ3v) is 5.17. The molecule has 9 heteroatoms. The van der Waals surface area contributed by atoms with E-state index in [1.165, 1.54) is 4.90 Å². The fourth-order valence-electron chi connectivity index (χ4n) is 3.44. The molecule has 0 aliphatic rings. The molecular weight excluding hydrogens is 446 g/mol. The Morgan fingerprint density at radius 1 is 0.879 bits per heavy atom. The maximum Gasteiger partial charge on any atom is 0.416 e. The zero-order valence-electron chi connectivity index (χ0n) is 17.9. The van der Waals surface area contributed by atoms with Crippen molar-refractivity contribution in [1.82, 2.24) is 9.47 Å². The highest BCUT2D eigenvalue weighted by molar-refractivity contribution is 5.95. The Kier molecular flexibility index (Phi) is 6.90. The molecule has 0 saturated heterocycles. The SMILES string of the molecule is CC(C)N(Cc1cccn1Cc1ccccc1)C(=O)c1cc(C(F)(F)F)cc(C(F)(F)F)c1. The van der Waals surface area contributed by atoms with Gasteiger partial charge in [0.05, 0.1) is 17.7 Å². The van der Waals surface area contributed by atoms with Gasteiger partial charge in [0.1, 0.15) is 0 Å². The minimum Gasteiger partial charge on any atom is -0.345 e. The summed E-state index contributed by atoms with van der Waals surface area (Å²) in [5.74, 6) is -0.908. The molecule has 1 aromatic heterocycles. The molecule has 0 aliphatic carbocycles. The summed E-state index contributed by atoms with van der Waals surface area (Å²) in [6, 6.07) is 13.5. The lowest BCUT2D eigenvalue weighted by Crippen LogP contribution is -2.37. The maximum absolute atomic E-state index is 13.2. The predicted octanol–water partition coefficient (Wildman–Crippen LogP) is 6.62. The van der Waals surface area contributed by atoms with Gasteiger partial charge in [0.15, 0.2) is 0 Å². The van der Waals surface area contributed by atoms with Crippen LogP contribution >= 0.6 is 0 Å². The summed E-state index contributed by atoms with van der Waals surface area (Å²) in [6.45, 7) is 3.83. The Morgan fingerprint density at radius 3 is 1.97 bits per heavy atom. The predicted molar refractivity (Wildman–Crippen MR) is 111 cm³/mol. The van der Waals surface area contributed by atoms with Crippen LogP contribution in [-0.4, -0.2) is 21.4 Å². The first kappa shape index (κ1) is 24.4. The summed E-state index contributed by atoms with van der Waals surface area (Å²) in [4.78, 5) is 14.4. The summed E-state index contributed by atoms with van der Waals surface area (Å²) < 4.78 is 81.3. The Bertz CT molecular complexity index is 1070. The first-order valence-electron chi connectivity index (χ1n) is 10.1. The first-order valence-corrected chi connectivity index (χ1v) is 10.1. The highest BCUT2D eigenvalue weighted by atomic mass is 19.4. The number of benzene rings is 2. The van der Waals surface area contributed by atoms with Crippen LogP contribution in [-0.2, 0) is 25.4 Å². The molecule has 33 heavy (non-hydrogen) atoms. The highest BCUT2D eigenvalue weighted by Crippen LogP contribution is 2.36. The van der Waals surface area contributed by atoms with Gasteiger partial charge in [-0.25, -0.2) is 0 Å². The van der Waals surface area contributed by atoms with Crippen LogP contribution in [0.4, 0.5) is 26.3 Å².